The van der Waals surface area contributed by atoms with E-state index in [-0.39, 0.29) is 18.0 Å². The summed E-state index contributed by atoms with van der Waals surface area (Å²) in [6.07, 6.45) is 2.69. The zero-order valence-electron chi connectivity index (χ0n) is 13.2. The minimum absolute atomic E-state index is 0.0471. The third-order valence-electron chi connectivity index (χ3n) is 3.97. The molecule has 0 radical (unpaired) electrons. The number of benzene rings is 1. The monoisotopic (exact) mass is 331 g/mol. The van der Waals surface area contributed by atoms with Crippen LogP contribution >= 0.6 is 0 Å². The van der Waals surface area contributed by atoms with E-state index in [0.29, 0.717) is 11.8 Å². The first kappa shape index (κ1) is 16.0. The molecule has 24 heavy (non-hydrogen) atoms. The number of nitrogens with zero attached hydrogens (tertiary/aromatic N) is 2. The topological polar surface area (TPSA) is 108 Å². The van der Waals surface area contributed by atoms with E-state index in [1.165, 1.54) is 18.2 Å². The quantitative estimate of drug-likeness (QED) is 0.666. The molecular weight excluding hydrogens is 314 g/mol. The number of ether oxygens (including phenoxy) is 1. The van der Waals surface area contributed by atoms with Crippen molar-refractivity contribution in [3.05, 3.63) is 45.6 Å². The molecule has 2 aromatic rings. The van der Waals surface area contributed by atoms with Crippen LogP contribution in [0.5, 0.6) is 5.75 Å². The van der Waals surface area contributed by atoms with Crippen LogP contribution in [0.3, 0.4) is 0 Å². The van der Waals surface area contributed by atoms with Gasteiger partial charge in [0, 0.05) is 11.6 Å². The van der Waals surface area contributed by atoms with Gasteiger partial charge in [-0.2, -0.15) is 0 Å². The lowest BCUT2D eigenvalue weighted by Gasteiger charge is -2.16. The zero-order valence-corrected chi connectivity index (χ0v) is 13.2. The number of rotatable bonds is 5. The number of carbonyl (C=O) groups is 1. The molecule has 0 saturated carbocycles. The summed E-state index contributed by atoms with van der Waals surface area (Å²) in [5.74, 6) is 0.444. The number of aromatic nitrogens is 1. The number of nitro groups is 1. The number of para-hydroxylation sites is 2. The Labute approximate surface area is 137 Å². The fourth-order valence-electron chi connectivity index (χ4n) is 2.72. The Morgan fingerprint density at radius 1 is 1.50 bits per heavy atom. The molecule has 3 rings (SSSR count). The summed E-state index contributed by atoms with van der Waals surface area (Å²) in [5.41, 5.74) is 1.62. The van der Waals surface area contributed by atoms with Crippen molar-refractivity contribution >= 4 is 17.5 Å². The first-order chi connectivity index (χ1) is 11.5. The predicted molar refractivity (Wildman–Crippen MR) is 84.9 cm³/mol. The highest BCUT2D eigenvalue weighted by atomic mass is 16.6. The average molecular weight is 331 g/mol. The molecule has 1 aromatic heterocycles. The summed E-state index contributed by atoms with van der Waals surface area (Å²) in [7, 11) is 0. The molecule has 1 amide bonds. The molecule has 8 nitrogen and oxygen atoms in total. The van der Waals surface area contributed by atoms with Gasteiger partial charge in [-0.05, 0) is 31.2 Å². The number of hydrogen-bond acceptors (Lipinski definition) is 6. The number of carbonyl (C=O) groups excluding carboxylic acids is 1. The van der Waals surface area contributed by atoms with Gasteiger partial charge in [-0.1, -0.05) is 24.2 Å². The van der Waals surface area contributed by atoms with Crippen molar-refractivity contribution in [2.45, 2.75) is 26.2 Å². The van der Waals surface area contributed by atoms with Gasteiger partial charge in [0.05, 0.1) is 10.6 Å². The third-order valence-corrected chi connectivity index (χ3v) is 3.97. The highest BCUT2D eigenvalue weighted by Gasteiger charge is 2.24. The lowest BCUT2D eigenvalue weighted by molar-refractivity contribution is -0.385. The minimum atomic E-state index is -0.554. The second-order valence-electron chi connectivity index (χ2n) is 5.85. The summed E-state index contributed by atoms with van der Waals surface area (Å²) in [6, 6.07) is 5.91. The Balaban J connectivity index is 1.63. The second-order valence-corrected chi connectivity index (χ2v) is 5.85. The normalized spacial score (nSPS) is 16.3. The Morgan fingerprint density at radius 3 is 3.08 bits per heavy atom. The van der Waals surface area contributed by atoms with Crippen molar-refractivity contribution in [2.75, 3.05) is 11.9 Å². The molecule has 0 bridgehead atoms. The van der Waals surface area contributed by atoms with E-state index >= 15 is 0 Å². The Kier molecular flexibility index (Phi) is 4.45. The highest BCUT2D eigenvalue weighted by Crippen LogP contribution is 2.30. The van der Waals surface area contributed by atoms with Gasteiger partial charge >= 0.3 is 5.69 Å². The predicted octanol–water partition coefficient (Wildman–Crippen LogP) is 2.73. The Bertz CT molecular complexity index is 771. The standard InChI is InChI=1S/C16H17N3O5/c1-10-6-7-12-11(8-10)16(24-18-12)17-15(20)9-23-14-5-3-2-4-13(14)19(21)22/h2-5,10H,6-9H2,1H3,(H,17,20). The van der Waals surface area contributed by atoms with Crippen LogP contribution in [0.25, 0.3) is 0 Å². The largest absolute Gasteiger partial charge is 0.477 e. The molecule has 0 spiro atoms. The van der Waals surface area contributed by atoms with Crippen molar-refractivity contribution in [2.24, 2.45) is 5.92 Å². The molecule has 1 N–H and O–H groups in total. The number of nitrogens with one attached hydrogen (secondary N) is 1. The average Bonchev–Trinajstić information content (AvgIpc) is 2.95. The van der Waals surface area contributed by atoms with E-state index in [1.807, 2.05) is 0 Å². The van der Waals surface area contributed by atoms with Crippen LogP contribution < -0.4 is 10.1 Å². The zero-order chi connectivity index (χ0) is 17.1. The third kappa shape index (κ3) is 3.37. The van der Waals surface area contributed by atoms with Crippen molar-refractivity contribution in [3.63, 3.8) is 0 Å². The van der Waals surface area contributed by atoms with Gasteiger partial charge in [0.1, 0.15) is 0 Å². The van der Waals surface area contributed by atoms with E-state index < -0.39 is 10.8 Å². The van der Waals surface area contributed by atoms with E-state index in [2.05, 4.69) is 17.4 Å². The van der Waals surface area contributed by atoms with Crippen LogP contribution in [0.4, 0.5) is 11.6 Å². The maximum atomic E-state index is 12.0. The van der Waals surface area contributed by atoms with Gasteiger partial charge in [0.25, 0.3) is 5.91 Å². The maximum absolute atomic E-state index is 12.0. The molecule has 1 aliphatic rings. The molecule has 0 fully saturated rings. The summed E-state index contributed by atoms with van der Waals surface area (Å²) in [6.45, 7) is 1.79. The molecule has 0 aliphatic heterocycles. The molecule has 1 aromatic carbocycles. The van der Waals surface area contributed by atoms with Crippen molar-refractivity contribution in [1.82, 2.24) is 5.16 Å². The molecule has 1 aliphatic carbocycles. The van der Waals surface area contributed by atoms with Gasteiger partial charge in [-0.25, -0.2) is 0 Å². The van der Waals surface area contributed by atoms with Gasteiger partial charge in [-0.3, -0.25) is 20.2 Å². The molecule has 1 heterocycles. The summed E-state index contributed by atoms with van der Waals surface area (Å²) in [5, 5.41) is 17.5. The lowest BCUT2D eigenvalue weighted by atomic mass is 9.89. The molecule has 126 valence electrons. The number of amides is 1. The lowest BCUT2D eigenvalue weighted by Crippen LogP contribution is -2.21. The van der Waals surface area contributed by atoms with Crippen molar-refractivity contribution in [1.29, 1.82) is 0 Å². The van der Waals surface area contributed by atoms with Crippen molar-refractivity contribution in [3.8, 4) is 5.75 Å². The molecular formula is C16H17N3O5. The summed E-state index contributed by atoms with van der Waals surface area (Å²) in [4.78, 5) is 22.4. The smallest absolute Gasteiger partial charge is 0.310 e. The van der Waals surface area contributed by atoms with Gasteiger partial charge in [-0.15, -0.1) is 0 Å². The second kappa shape index (κ2) is 6.69. The van der Waals surface area contributed by atoms with Gasteiger partial charge in [0.2, 0.25) is 5.88 Å². The van der Waals surface area contributed by atoms with Gasteiger partial charge < -0.3 is 9.26 Å². The summed E-state index contributed by atoms with van der Waals surface area (Å²) < 4.78 is 10.5. The first-order valence-corrected chi connectivity index (χ1v) is 7.68. The highest BCUT2D eigenvalue weighted by molar-refractivity contribution is 5.91. The Hall–Kier alpha value is -2.90. The van der Waals surface area contributed by atoms with Crippen molar-refractivity contribution < 1.29 is 19.0 Å². The van der Waals surface area contributed by atoms with E-state index in [0.717, 1.165) is 30.5 Å². The number of hydrogen-bond donors (Lipinski definition) is 1. The number of nitro benzene ring substituents is 1. The van der Waals surface area contributed by atoms with Crippen LogP contribution in [0.1, 0.15) is 24.6 Å². The maximum Gasteiger partial charge on any atom is 0.310 e. The van der Waals surface area contributed by atoms with Crippen LogP contribution in [0.15, 0.2) is 28.8 Å². The number of aryl methyl sites for hydroxylation is 1. The molecule has 8 heteroatoms. The van der Waals surface area contributed by atoms with Crippen LogP contribution in [0.2, 0.25) is 0 Å². The summed E-state index contributed by atoms with van der Waals surface area (Å²) >= 11 is 0. The molecule has 1 atom stereocenters. The van der Waals surface area contributed by atoms with E-state index in [4.69, 9.17) is 9.26 Å². The van der Waals surface area contributed by atoms with E-state index in [1.54, 1.807) is 6.07 Å². The fourth-order valence-corrected chi connectivity index (χ4v) is 2.72. The fraction of sp³-hybridized carbons (Fsp3) is 0.375. The Morgan fingerprint density at radius 2 is 2.29 bits per heavy atom. The van der Waals surface area contributed by atoms with Crippen LogP contribution in [-0.2, 0) is 17.6 Å². The van der Waals surface area contributed by atoms with Crippen LogP contribution in [0, 0.1) is 16.0 Å². The minimum Gasteiger partial charge on any atom is -0.477 e. The van der Waals surface area contributed by atoms with Gasteiger partial charge in [0.15, 0.2) is 12.4 Å². The van der Waals surface area contributed by atoms with E-state index in [9.17, 15) is 14.9 Å². The number of anilines is 1. The number of fused-ring (bicyclic) bond motifs is 1. The SMILES string of the molecule is CC1CCc2noc(NC(=O)COc3ccccc3[N+](=O)[O-])c2C1. The van der Waals surface area contributed by atoms with Crippen LogP contribution in [-0.4, -0.2) is 22.6 Å². The molecule has 0 saturated heterocycles. The first-order valence-electron chi connectivity index (χ1n) is 7.68. The molecule has 1 unspecified atom stereocenters.